The number of sulfonamides is 1. The van der Waals surface area contributed by atoms with Crippen molar-refractivity contribution in [2.24, 2.45) is 5.41 Å². The number of hydrogen-bond donors (Lipinski definition) is 0. The van der Waals surface area contributed by atoms with E-state index in [-0.39, 0.29) is 11.3 Å². The van der Waals surface area contributed by atoms with Gasteiger partial charge in [-0.25, -0.2) is 8.42 Å². The minimum Gasteiger partial charge on any atom is -0.346 e. The van der Waals surface area contributed by atoms with Crippen LogP contribution in [-0.4, -0.2) is 60.0 Å². The lowest BCUT2D eigenvalue weighted by molar-refractivity contribution is -0.129. The average molecular weight is 369 g/mol. The summed E-state index contributed by atoms with van der Waals surface area (Å²) in [7, 11) is -1.64. The van der Waals surface area contributed by atoms with Crippen LogP contribution in [-0.2, 0) is 21.4 Å². The monoisotopic (exact) mass is 368 g/mol. The number of carbonyl (C=O) groups is 1. The second-order valence-corrected chi connectivity index (χ2v) is 9.29. The molecule has 3 rings (SSSR count). The largest absolute Gasteiger partial charge is 0.346 e. The van der Waals surface area contributed by atoms with Crippen LogP contribution in [0.3, 0.4) is 0 Å². The Balaban J connectivity index is 1.73. The summed E-state index contributed by atoms with van der Waals surface area (Å²) in [5.74, 6) is 0.203. The van der Waals surface area contributed by atoms with Crippen molar-refractivity contribution in [2.45, 2.75) is 57.4 Å². The van der Waals surface area contributed by atoms with E-state index in [1.54, 1.807) is 13.9 Å². The lowest BCUT2D eigenvalue weighted by Gasteiger charge is -2.40. The molecule has 0 unspecified atom stereocenters. The Hall–Kier alpha value is -1.41. The molecule has 2 aliphatic rings. The van der Waals surface area contributed by atoms with Gasteiger partial charge in [0.05, 0.1) is 11.9 Å². The molecule has 140 valence electrons. The smallest absolute Gasteiger partial charge is 0.246 e. The van der Waals surface area contributed by atoms with Crippen LogP contribution in [0.25, 0.3) is 0 Å². The summed E-state index contributed by atoms with van der Waals surface area (Å²) < 4.78 is 29.3. The highest BCUT2D eigenvalue weighted by atomic mass is 32.2. The van der Waals surface area contributed by atoms with Gasteiger partial charge in [-0.1, -0.05) is 0 Å². The van der Waals surface area contributed by atoms with Gasteiger partial charge in [0.2, 0.25) is 15.9 Å². The van der Waals surface area contributed by atoms with Crippen molar-refractivity contribution in [3.63, 3.8) is 0 Å². The van der Waals surface area contributed by atoms with E-state index in [9.17, 15) is 13.2 Å². The van der Waals surface area contributed by atoms with E-state index in [1.807, 2.05) is 20.9 Å². The first-order chi connectivity index (χ1) is 11.8. The molecule has 1 spiro atoms. The SMILES string of the molecule is CCn1ncc(S(=O)(=O)N2CCC3(CCC(=O)N(C)CC3)CC2)c1C. The Morgan fingerprint density at radius 1 is 1.16 bits per heavy atom. The number of aryl methyl sites for hydroxylation is 1. The fraction of sp³-hybridized carbons (Fsp3) is 0.765. The second-order valence-electron chi connectivity index (χ2n) is 7.38. The molecule has 25 heavy (non-hydrogen) atoms. The Kier molecular flexibility index (Phi) is 4.94. The predicted octanol–water partition coefficient (Wildman–Crippen LogP) is 1.62. The van der Waals surface area contributed by atoms with Gasteiger partial charge >= 0.3 is 0 Å². The zero-order valence-corrected chi connectivity index (χ0v) is 16.2. The van der Waals surface area contributed by atoms with Crippen molar-refractivity contribution in [3.8, 4) is 0 Å². The van der Waals surface area contributed by atoms with E-state index in [4.69, 9.17) is 0 Å². The minimum atomic E-state index is -3.50. The lowest BCUT2D eigenvalue weighted by Crippen LogP contribution is -2.43. The number of amides is 1. The van der Waals surface area contributed by atoms with Crippen LogP contribution in [0.4, 0.5) is 0 Å². The summed E-state index contributed by atoms with van der Waals surface area (Å²) in [6.07, 6.45) is 5.54. The van der Waals surface area contributed by atoms with Gasteiger partial charge in [0.25, 0.3) is 0 Å². The van der Waals surface area contributed by atoms with Crippen LogP contribution in [0.2, 0.25) is 0 Å². The first-order valence-electron chi connectivity index (χ1n) is 9.06. The molecule has 2 aliphatic heterocycles. The van der Waals surface area contributed by atoms with Crippen molar-refractivity contribution >= 4 is 15.9 Å². The Bertz CT molecular complexity index is 748. The molecule has 2 fully saturated rings. The van der Waals surface area contributed by atoms with Gasteiger partial charge in [-0.15, -0.1) is 0 Å². The zero-order valence-electron chi connectivity index (χ0n) is 15.4. The maximum atomic E-state index is 13.0. The van der Waals surface area contributed by atoms with Crippen LogP contribution in [0.15, 0.2) is 11.1 Å². The lowest BCUT2D eigenvalue weighted by atomic mass is 9.73. The third kappa shape index (κ3) is 3.33. The predicted molar refractivity (Wildman–Crippen MR) is 94.6 cm³/mol. The minimum absolute atomic E-state index is 0.106. The number of piperidine rings is 1. The highest BCUT2D eigenvalue weighted by Gasteiger charge is 2.40. The molecule has 0 aliphatic carbocycles. The number of aromatic nitrogens is 2. The molecule has 0 N–H and O–H groups in total. The van der Waals surface area contributed by atoms with Gasteiger partial charge in [0.15, 0.2) is 0 Å². The van der Waals surface area contributed by atoms with Gasteiger partial charge in [-0.2, -0.15) is 9.40 Å². The quantitative estimate of drug-likeness (QED) is 0.812. The molecule has 1 aromatic rings. The standard InChI is InChI=1S/C17H28N4O3S/c1-4-21-14(2)15(13-18-21)25(23,24)20-11-8-17(9-12-20)6-5-16(22)19(3)10-7-17/h13H,4-12H2,1-3H3. The van der Waals surface area contributed by atoms with Crippen molar-refractivity contribution in [1.82, 2.24) is 19.0 Å². The summed E-state index contributed by atoms with van der Waals surface area (Å²) in [4.78, 5) is 14.1. The molecule has 7 nitrogen and oxygen atoms in total. The Labute approximate surface area is 150 Å². The van der Waals surface area contributed by atoms with Gasteiger partial charge in [-0.05, 0) is 44.9 Å². The van der Waals surface area contributed by atoms with Crippen LogP contribution in [0.1, 0.15) is 44.7 Å². The van der Waals surface area contributed by atoms with Crippen molar-refractivity contribution in [1.29, 1.82) is 0 Å². The first-order valence-corrected chi connectivity index (χ1v) is 10.5. The normalized spacial score (nSPS) is 22.4. The summed E-state index contributed by atoms with van der Waals surface area (Å²) in [5.41, 5.74) is 0.805. The van der Waals surface area contributed by atoms with E-state index < -0.39 is 10.0 Å². The molecule has 2 saturated heterocycles. The molecule has 1 amide bonds. The number of hydrogen-bond acceptors (Lipinski definition) is 4. The number of carbonyl (C=O) groups excluding carboxylic acids is 1. The Morgan fingerprint density at radius 2 is 1.80 bits per heavy atom. The molecule has 0 aromatic carbocycles. The second kappa shape index (κ2) is 6.72. The topological polar surface area (TPSA) is 75.5 Å². The molecule has 3 heterocycles. The van der Waals surface area contributed by atoms with Gasteiger partial charge in [0.1, 0.15) is 4.90 Å². The van der Waals surface area contributed by atoms with Crippen molar-refractivity contribution in [3.05, 3.63) is 11.9 Å². The molecule has 0 bridgehead atoms. The maximum Gasteiger partial charge on any atom is 0.246 e. The molecular formula is C17H28N4O3S. The molecular weight excluding hydrogens is 340 g/mol. The zero-order chi connectivity index (χ0) is 18.2. The van der Waals surface area contributed by atoms with Gasteiger partial charge < -0.3 is 4.90 Å². The van der Waals surface area contributed by atoms with Crippen LogP contribution in [0, 0.1) is 12.3 Å². The maximum absolute atomic E-state index is 13.0. The van der Waals surface area contributed by atoms with E-state index in [0.717, 1.165) is 32.2 Å². The molecule has 0 atom stereocenters. The van der Waals surface area contributed by atoms with Gasteiger partial charge in [-0.3, -0.25) is 9.48 Å². The van der Waals surface area contributed by atoms with E-state index in [1.165, 1.54) is 6.20 Å². The summed E-state index contributed by atoms with van der Waals surface area (Å²) in [5, 5.41) is 4.18. The summed E-state index contributed by atoms with van der Waals surface area (Å²) in [6.45, 7) is 6.24. The number of nitrogens with zero attached hydrogens (tertiary/aromatic N) is 4. The van der Waals surface area contributed by atoms with Crippen LogP contribution < -0.4 is 0 Å². The third-order valence-electron chi connectivity index (χ3n) is 6.03. The molecule has 0 radical (unpaired) electrons. The fourth-order valence-electron chi connectivity index (χ4n) is 4.06. The molecule has 0 saturated carbocycles. The van der Waals surface area contributed by atoms with Gasteiger partial charge in [0, 0.05) is 39.6 Å². The number of rotatable bonds is 3. The van der Waals surface area contributed by atoms with E-state index >= 15 is 0 Å². The van der Waals surface area contributed by atoms with Crippen molar-refractivity contribution < 1.29 is 13.2 Å². The average Bonchev–Trinajstić information content (AvgIpc) is 2.93. The molecule has 8 heteroatoms. The van der Waals surface area contributed by atoms with Crippen LogP contribution in [0.5, 0.6) is 0 Å². The van der Waals surface area contributed by atoms with E-state index in [0.29, 0.717) is 36.6 Å². The van der Waals surface area contributed by atoms with Crippen molar-refractivity contribution in [2.75, 3.05) is 26.7 Å². The highest BCUT2D eigenvalue weighted by molar-refractivity contribution is 7.89. The Morgan fingerprint density at radius 3 is 2.40 bits per heavy atom. The summed E-state index contributed by atoms with van der Waals surface area (Å²) >= 11 is 0. The number of likely N-dealkylation sites (tertiary alicyclic amines) is 1. The molecule has 1 aromatic heterocycles. The third-order valence-corrected chi connectivity index (χ3v) is 8.03. The fourth-order valence-corrected chi connectivity index (χ4v) is 5.66. The first kappa shape index (κ1) is 18.4. The summed E-state index contributed by atoms with van der Waals surface area (Å²) in [6, 6.07) is 0. The van der Waals surface area contributed by atoms with E-state index in [2.05, 4.69) is 5.10 Å². The highest BCUT2D eigenvalue weighted by Crippen LogP contribution is 2.42. The van der Waals surface area contributed by atoms with Crippen LogP contribution >= 0.6 is 0 Å².